The highest BCUT2D eigenvalue weighted by Gasteiger charge is 2.40. The molecule has 3 aromatic rings. The van der Waals surface area contributed by atoms with Crippen LogP contribution in [0.2, 0.25) is 0 Å². The topological polar surface area (TPSA) is 93.2 Å². The highest BCUT2D eigenvalue weighted by molar-refractivity contribution is 8.00. The summed E-state index contributed by atoms with van der Waals surface area (Å²) in [5, 5.41) is 0. The fraction of sp³-hybridized carbons (Fsp3) is 0.222. The summed E-state index contributed by atoms with van der Waals surface area (Å²) < 4.78 is 42.0. The lowest BCUT2D eigenvalue weighted by Crippen LogP contribution is -2.30. The van der Waals surface area contributed by atoms with Gasteiger partial charge in [-0.3, -0.25) is 15.6 Å². The average molecular weight is 456 g/mol. The van der Waals surface area contributed by atoms with Gasteiger partial charge in [0.05, 0.1) is 11.3 Å². The number of thiazole rings is 1. The van der Waals surface area contributed by atoms with Crippen LogP contribution in [0, 0.1) is 6.92 Å². The number of esters is 1. The minimum Gasteiger partial charge on any atom is -0.454 e. The summed E-state index contributed by atoms with van der Waals surface area (Å²) in [6, 6.07) is 6.33. The molecule has 158 valence electrons. The number of hydrogen-bond donors (Lipinski definition) is 2. The van der Waals surface area contributed by atoms with Crippen LogP contribution in [0.1, 0.15) is 21.5 Å². The van der Waals surface area contributed by atoms with Crippen LogP contribution in [0.3, 0.4) is 0 Å². The zero-order chi connectivity index (χ0) is 21.9. The molecule has 0 unspecified atom stereocenters. The Morgan fingerprint density at radius 2 is 2.07 bits per heavy atom. The fourth-order valence-corrected chi connectivity index (χ4v) is 3.80. The van der Waals surface area contributed by atoms with Crippen molar-refractivity contribution < 1.29 is 27.5 Å². The monoisotopic (exact) mass is 456 g/mol. The van der Waals surface area contributed by atoms with E-state index in [1.165, 1.54) is 35.4 Å². The van der Waals surface area contributed by atoms with E-state index in [1.807, 2.05) is 6.26 Å². The van der Waals surface area contributed by atoms with E-state index in [0.717, 1.165) is 9.17 Å². The van der Waals surface area contributed by atoms with Crippen LogP contribution in [0.5, 0.6) is 0 Å². The molecule has 0 saturated carbocycles. The highest BCUT2D eigenvalue weighted by atomic mass is 32.2. The number of ether oxygens (including phenoxy) is 1. The Labute approximate surface area is 177 Å². The Kier molecular flexibility index (Phi) is 6.46. The molecule has 7 nitrogen and oxygen atoms in total. The number of nitrogens with zero attached hydrogens (tertiary/aromatic N) is 2. The van der Waals surface area contributed by atoms with E-state index >= 15 is 0 Å². The quantitative estimate of drug-likeness (QED) is 0.328. The number of thioether (sulfide) groups is 1. The molecule has 0 bridgehead atoms. The lowest BCUT2D eigenvalue weighted by Gasteiger charge is -2.14. The van der Waals surface area contributed by atoms with Crippen molar-refractivity contribution in [2.75, 3.05) is 11.7 Å². The summed E-state index contributed by atoms with van der Waals surface area (Å²) >= 11 is 2.91. The van der Waals surface area contributed by atoms with Crippen molar-refractivity contribution in [1.82, 2.24) is 15.4 Å². The second-order valence-electron chi connectivity index (χ2n) is 5.97. The van der Waals surface area contributed by atoms with E-state index < -0.39 is 24.7 Å². The van der Waals surface area contributed by atoms with Crippen molar-refractivity contribution in [2.24, 2.45) is 0 Å². The van der Waals surface area contributed by atoms with Crippen molar-refractivity contribution in [2.45, 2.75) is 24.0 Å². The molecule has 0 saturated heterocycles. The van der Waals surface area contributed by atoms with E-state index in [-0.39, 0.29) is 0 Å². The number of halogens is 3. The number of hydrogen-bond acceptors (Lipinski definition) is 8. The summed E-state index contributed by atoms with van der Waals surface area (Å²) in [5.74, 6) is -2.72. The maximum Gasteiger partial charge on any atom is 0.490 e. The van der Waals surface area contributed by atoms with Gasteiger partial charge in [0.25, 0.3) is 5.91 Å². The third kappa shape index (κ3) is 5.00. The molecule has 30 heavy (non-hydrogen) atoms. The van der Waals surface area contributed by atoms with Gasteiger partial charge in [-0.25, -0.2) is 14.8 Å². The van der Waals surface area contributed by atoms with Gasteiger partial charge in [0, 0.05) is 6.20 Å². The number of benzene rings is 1. The van der Waals surface area contributed by atoms with Crippen molar-refractivity contribution in [3.8, 4) is 0 Å². The maximum absolute atomic E-state index is 12.4. The standard InChI is InChI=1S/C18H15F3N4O3S2/c1-9-10(8-28-16(27)18(19,20)21)4-3-5-12(9)24-25-14(26)11-6-13-15(22-7-11)30-17(23-13)29-2/h3-7,24H,8H2,1-2H3,(H,25,26). The summed E-state index contributed by atoms with van der Waals surface area (Å²) in [4.78, 5) is 32.6. The van der Waals surface area contributed by atoms with E-state index in [0.29, 0.717) is 27.9 Å². The molecule has 3 rings (SSSR count). The Balaban J connectivity index is 1.66. The van der Waals surface area contributed by atoms with Crippen LogP contribution >= 0.6 is 23.1 Å². The van der Waals surface area contributed by atoms with E-state index in [9.17, 15) is 22.8 Å². The van der Waals surface area contributed by atoms with Crippen LogP contribution < -0.4 is 10.9 Å². The lowest BCUT2D eigenvalue weighted by atomic mass is 10.1. The molecule has 0 spiro atoms. The maximum atomic E-state index is 12.4. The molecule has 2 N–H and O–H groups in total. The average Bonchev–Trinajstić information content (AvgIpc) is 3.13. The van der Waals surface area contributed by atoms with Gasteiger partial charge in [-0.2, -0.15) is 13.2 Å². The van der Waals surface area contributed by atoms with Gasteiger partial charge in [-0.05, 0) is 36.4 Å². The number of aromatic nitrogens is 2. The molecule has 0 atom stereocenters. The lowest BCUT2D eigenvalue weighted by molar-refractivity contribution is -0.201. The molecule has 0 aliphatic rings. The van der Waals surface area contributed by atoms with Crippen LogP contribution in [-0.2, 0) is 16.1 Å². The third-order valence-corrected chi connectivity index (χ3v) is 5.98. The number of carbonyl (C=O) groups is 2. The first kappa shape index (κ1) is 21.8. The minimum absolute atomic E-state index is 0.292. The molecule has 2 aromatic heterocycles. The number of carbonyl (C=O) groups excluding carboxylic acids is 2. The van der Waals surface area contributed by atoms with Gasteiger partial charge < -0.3 is 4.74 Å². The molecule has 0 aliphatic carbocycles. The van der Waals surface area contributed by atoms with Gasteiger partial charge in [-0.1, -0.05) is 35.2 Å². The van der Waals surface area contributed by atoms with Crippen molar-refractivity contribution in [3.63, 3.8) is 0 Å². The van der Waals surface area contributed by atoms with Gasteiger partial charge in [-0.15, -0.1) is 0 Å². The number of nitrogens with one attached hydrogen (secondary N) is 2. The molecule has 12 heteroatoms. The Bertz CT molecular complexity index is 1100. The van der Waals surface area contributed by atoms with E-state index in [1.54, 1.807) is 25.1 Å². The number of rotatable bonds is 6. The Hall–Kier alpha value is -2.86. The smallest absolute Gasteiger partial charge is 0.454 e. The van der Waals surface area contributed by atoms with Crippen LogP contribution in [0.4, 0.5) is 18.9 Å². The van der Waals surface area contributed by atoms with Crippen LogP contribution in [0.15, 0.2) is 34.8 Å². The third-order valence-electron chi connectivity index (χ3n) is 4.01. The first-order chi connectivity index (χ1) is 14.2. The SMILES string of the molecule is CSc1nc2cc(C(=O)NNc3cccc(COC(=O)C(F)(F)F)c3C)cnc2s1. The number of anilines is 1. The molecular weight excluding hydrogens is 441 g/mol. The number of hydrazine groups is 1. The van der Waals surface area contributed by atoms with Crippen molar-refractivity contribution in [3.05, 3.63) is 47.2 Å². The second kappa shape index (κ2) is 8.88. The summed E-state index contributed by atoms with van der Waals surface area (Å²) in [6.45, 7) is 1.08. The minimum atomic E-state index is -5.05. The summed E-state index contributed by atoms with van der Waals surface area (Å²) in [7, 11) is 0. The fourth-order valence-electron chi connectivity index (χ4n) is 2.41. The molecule has 1 aromatic carbocycles. The predicted octanol–water partition coefficient (Wildman–Crippen LogP) is 4.08. The van der Waals surface area contributed by atoms with Gasteiger partial charge >= 0.3 is 12.1 Å². The summed E-state index contributed by atoms with van der Waals surface area (Å²) in [6.07, 6.45) is -1.72. The molecular formula is C18H15F3N4O3S2. The van der Waals surface area contributed by atoms with Crippen LogP contribution in [-0.4, -0.2) is 34.3 Å². The van der Waals surface area contributed by atoms with Gasteiger partial charge in [0.1, 0.15) is 17.0 Å². The summed E-state index contributed by atoms with van der Waals surface area (Å²) in [5.41, 5.74) is 7.46. The zero-order valence-corrected chi connectivity index (χ0v) is 17.3. The normalized spacial score (nSPS) is 11.4. The molecule has 2 heterocycles. The Morgan fingerprint density at radius 3 is 2.77 bits per heavy atom. The number of alkyl halides is 3. The van der Waals surface area contributed by atoms with Crippen molar-refractivity contribution >= 4 is 51.0 Å². The van der Waals surface area contributed by atoms with E-state index in [2.05, 4.69) is 25.6 Å². The second-order valence-corrected chi connectivity index (χ2v) is 8.01. The first-order valence-electron chi connectivity index (χ1n) is 8.38. The molecule has 1 amide bonds. The van der Waals surface area contributed by atoms with Crippen molar-refractivity contribution in [1.29, 1.82) is 0 Å². The highest BCUT2D eigenvalue weighted by Crippen LogP contribution is 2.27. The number of amides is 1. The predicted molar refractivity (Wildman–Crippen MR) is 107 cm³/mol. The zero-order valence-electron chi connectivity index (χ0n) is 15.7. The molecule has 0 aliphatic heterocycles. The first-order valence-corrected chi connectivity index (χ1v) is 10.4. The van der Waals surface area contributed by atoms with Gasteiger partial charge in [0.15, 0.2) is 4.34 Å². The van der Waals surface area contributed by atoms with Crippen LogP contribution in [0.25, 0.3) is 10.3 Å². The largest absolute Gasteiger partial charge is 0.490 e. The molecule has 0 radical (unpaired) electrons. The number of fused-ring (bicyclic) bond motifs is 1. The van der Waals surface area contributed by atoms with E-state index in [4.69, 9.17) is 0 Å². The number of pyridine rings is 1. The molecule has 0 fully saturated rings. The van der Waals surface area contributed by atoms with Gasteiger partial charge in [0.2, 0.25) is 0 Å². The Morgan fingerprint density at radius 1 is 1.30 bits per heavy atom.